The Labute approximate surface area is 105 Å². The maximum Gasteiger partial charge on any atom is 0.145 e. The van der Waals surface area contributed by atoms with Crippen LogP contribution in [0, 0.1) is 0 Å². The summed E-state index contributed by atoms with van der Waals surface area (Å²) in [7, 11) is 1.75. The summed E-state index contributed by atoms with van der Waals surface area (Å²) in [6, 6.07) is 2.08. The van der Waals surface area contributed by atoms with Crippen LogP contribution in [-0.4, -0.2) is 24.2 Å². The van der Waals surface area contributed by atoms with Crippen LogP contribution in [0.15, 0.2) is 12.3 Å². The molecule has 1 N–H and O–H groups in total. The van der Waals surface area contributed by atoms with Gasteiger partial charge >= 0.3 is 0 Å². The number of methoxy groups -OCH3 is 1. The third kappa shape index (κ3) is 2.78. The van der Waals surface area contributed by atoms with Crippen LogP contribution in [0.1, 0.15) is 19.3 Å². The standard InChI is InChI=1S/C11H14Cl2N2O/c1-16-9-3-2-8(5-9)15-11-10(13)4-7(12)6-14-11/h4,6,8-9H,2-3,5H2,1H3,(H,14,15). The van der Waals surface area contributed by atoms with E-state index >= 15 is 0 Å². The average molecular weight is 261 g/mol. The Kier molecular flexibility index (Phi) is 3.90. The molecule has 16 heavy (non-hydrogen) atoms. The number of hydrogen-bond acceptors (Lipinski definition) is 3. The molecule has 1 saturated carbocycles. The van der Waals surface area contributed by atoms with E-state index in [0.29, 0.717) is 28.0 Å². The molecule has 1 heterocycles. The fraction of sp³-hybridized carbons (Fsp3) is 0.545. The van der Waals surface area contributed by atoms with Crippen LogP contribution in [0.25, 0.3) is 0 Å². The lowest BCUT2D eigenvalue weighted by Gasteiger charge is -2.14. The van der Waals surface area contributed by atoms with Crippen molar-refractivity contribution in [2.24, 2.45) is 0 Å². The minimum Gasteiger partial charge on any atom is -0.381 e. The SMILES string of the molecule is COC1CCC(Nc2ncc(Cl)cc2Cl)C1. The summed E-state index contributed by atoms with van der Waals surface area (Å²) in [4.78, 5) is 4.18. The van der Waals surface area contributed by atoms with Crippen molar-refractivity contribution in [3.05, 3.63) is 22.3 Å². The highest BCUT2D eigenvalue weighted by Gasteiger charge is 2.24. The molecule has 0 aromatic carbocycles. The van der Waals surface area contributed by atoms with Crippen LogP contribution in [0.2, 0.25) is 10.0 Å². The van der Waals surface area contributed by atoms with Crippen molar-refractivity contribution < 1.29 is 4.74 Å². The van der Waals surface area contributed by atoms with E-state index in [0.717, 1.165) is 19.3 Å². The molecule has 88 valence electrons. The van der Waals surface area contributed by atoms with Crippen molar-refractivity contribution in [3.63, 3.8) is 0 Å². The van der Waals surface area contributed by atoms with Crippen LogP contribution < -0.4 is 5.32 Å². The molecule has 1 fully saturated rings. The largest absolute Gasteiger partial charge is 0.381 e. The van der Waals surface area contributed by atoms with Crippen molar-refractivity contribution in [3.8, 4) is 0 Å². The van der Waals surface area contributed by atoms with Crippen LogP contribution in [0.4, 0.5) is 5.82 Å². The van der Waals surface area contributed by atoms with Gasteiger partial charge in [0.1, 0.15) is 5.82 Å². The van der Waals surface area contributed by atoms with Gasteiger partial charge in [-0.15, -0.1) is 0 Å². The first-order valence-electron chi connectivity index (χ1n) is 5.29. The van der Waals surface area contributed by atoms with Crippen LogP contribution in [0.5, 0.6) is 0 Å². The quantitative estimate of drug-likeness (QED) is 0.905. The van der Waals surface area contributed by atoms with Gasteiger partial charge in [-0.3, -0.25) is 0 Å². The molecule has 2 unspecified atom stereocenters. The topological polar surface area (TPSA) is 34.1 Å². The lowest BCUT2D eigenvalue weighted by molar-refractivity contribution is 0.108. The van der Waals surface area contributed by atoms with Gasteiger partial charge in [-0.05, 0) is 25.3 Å². The van der Waals surface area contributed by atoms with Gasteiger partial charge in [0.15, 0.2) is 0 Å². The summed E-state index contributed by atoms with van der Waals surface area (Å²) in [5.41, 5.74) is 0. The predicted octanol–water partition coefficient (Wildman–Crippen LogP) is 3.37. The van der Waals surface area contributed by atoms with Crippen molar-refractivity contribution in [1.29, 1.82) is 0 Å². The van der Waals surface area contributed by atoms with E-state index in [1.807, 2.05) is 0 Å². The molecule has 1 aliphatic rings. The van der Waals surface area contributed by atoms with E-state index in [2.05, 4.69) is 10.3 Å². The Morgan fingerprint density at radius 2 is 2.25 bits per heavy atom. The van der Waals surface area contributed by atoms with Gasteiger partial charge in [0, 0.05) is 19.3 Å². The fourth-order valence-electron chi connectivity index (χ4n) is 2.00. The molecule has 1 aromatic rings. The normalized spacial score (nSPS) is 24.7. The van der Waals surface area contributed by atoms with Crippen molar-refractivity contribution in [1.82, 2.24) is 4.98 Å². The molecule has 1 aromatic heterocycles. The Morgan fingerprint density at radius 3 is 2.88 bits per heavy atom. The molecule has 0 bridgehead atoms. The first-order chi connectivity index (χ1) is 7.69. The van der Waals surface area contributed by atoms with Gasteiger partial charge in [0.05, 0.1) is 16.1 Å². The van der Waals surface area contributed by atoms with Gasteiger partial charge in [-0.2, -0.15) is 0 Å². The second-order valence-electron chi connectivity index (χ2n) is 4.00. The molecule has 0 aliphatic heterocycles. The van der Waals surface area contributed by atoms with Crippen molar-refractivity contribution >= 4 is 29.0 Å². The number of rotatable bonds is 3. The van der Waals surface area contributed by atoms with E-state index in [1.54, 1.807) is 19.4 Å². The summed E-state index contributed by atoms with van der Waals surface area (Å²) in [6.45, 7) is 0. The van der Waals surface area contributed by atoms with E-state index in [4.69, 9.17) is 27.9 Å². The van der Waals surface area contributed by atoms with E-state index < -0.39 is 0 Å². The Bertz CT molecular complexity index is 373. The lowest BCUT2D eigenvalue weighted by atomic mass is 10.2. The molecular formula is C11H14Cl2N2O. The Morgan fingerprint density at radius 1 is 1.44 bits per heavy atom. The zero-order valence-electron chi connectivity index (χ0n) is 9.04. The zero-order valence-corrected chi connectivity index (χ0v) is 10.6. The van der Waals surface area contributed by atoms with Crippen LogP contribution in [-0.2, 0) is 4.74 Å². The molecule has 0 radical (unpaired) electrons. The number of nitrogens with one attached hydrogen (secondary N) is 1. The van der Waals surface area contributed by atoms with Crippen LogP contribution in [0.3, 0.4) is 0 Å². The highest BCUT2D eigenvalue weighted by atomic mass is 35.5. The molecule has 0 saturated heterocycles. The number of nitrogens with zero attached hydrogens (tertiary/aromatic N) is 1. The highest BCUT2D eigenvalue weighted by Crippen LogP contribution is 2.28. The molecule has 2 atom stereocenters. The molecular weight excluding hydrogens is 247 g/mol. The summed E-state index contributed by atoms with van der Waals surface area (Å²) < 4.78 is 5.31. The average Bonchev–Trinajstić information content (AvgIpc) is 2.70. The molecule has 1 aliphatic carbocycles. The minimum atomic E-state index is 0.351. The number of aromatic nitrogens is 1. The third-order valence-electron chi connectivity index (χ3n) is 2.87. The molecule has 0 amide bonds. The number of hydrogen-bond donors (Lipinski definition) is 1. The number of pyridine rings is 1. The van der Waals surface area contributed by atoms with Crippen LogP contribution >= 0.6 is 23.2 Å². The zero-order chi connectivity index (χ0) is 11.5. The van der Waals surface area contributed by atoms with Gasteiger partial charge in [0.2, 0.25) is 0 Å². The van der Waals surface area contributed by atoms with Gasteiger partial charge in [-0.1, -0.05) is 23.2 Å². The second-order valence-corrected chi connectivity index (χ2v) is 4.84. The summed E-state index contributed by atoms with van der Waals surface area (Å²) >= 11 is 11.8. The van der Waals surface area contributed by atoms with Crippen molar-refractivity contribution in [2.75, 3.05) is 12.4 Å². The molecule has 3 nitrogen and oxygen atoms in total. The van der Waals surface area contributed by atoms with Gasteiger partial charge < -0.3 is 10.1 Å². The highest BCUT2D eigenvalue weighted by molar-refractivity contribution is 6.35. The number of halogens is 2. The minimum absolute atomic E-state index is 0.351. The summed E-state index contributed by atoms with van der Waals surface area (Å²) in [5.74, 6) is 0.702. The summed E-state index contributed by atoms with van der Waals surface area (Å²) in [6.07, 6.45) is 5.11. The predicted molar refractivity (Wildman–Crippen MR) is 66.3 cm³/mol. The molecule has 2 rings (SSSR count). The first-order valence-corrected chi connectivity index (χ1v) is 6.05. The fourth-order valence-corrected chi connectivity index (χ4v) is 2.43. The van der Waals surface area contributed by atoms with Crippen molar-refractivity contribution in [2.45, 2.75) is 31.4 Å². The Balaban J connectivity index is 1.99. The first kappa shape index (κ1) is 12.0. The maximum absolute atomic E-state index is 6.04. The summed E-state index contributed by atoms with van der Waals surface area (Å²) in [5, 5.41) is 4.43. The van der Waals surface area contributed by atoms with Gasteiger partial charge in [-0.25, -0.2) is 4.98 Å². The smallest absolute Gasteiger partial charge is 0.145 e. The van der Waals surface area contributed by atoms with Gasteiger partial charge in [0.25, 0.3) is 0 Å². The third-order valence-corrected chi connectivity index (χ3v) is 3.36. The van der Waals surface area contributed by atoms with E-state index in [1.165, 1.54) is 0 Å². The monoisotopic (exact) mass is 260 g/mol. The molecule has 0 spiro atoms. The Hall–Kier alpha value is -0.510. The second kappa shape index (κ2) is 5.21. The number of anilines is 1. The van der Waals surface area contributed by atoms with E-state index in [9.17, 15) is 0 Å². The lowest BCUT2D eigenvalue weighted by Crippen LogP contribution is -2.18. The number of ether oxygens (including phenoxy) is 1. The van der Waals surface area contributed by atoms with E-state index in [-0.39, 0.29) is 0 Å². The maximum atomic E-state index is 6.04. The molecule has 5 heteroatoms.